The summed E-state index contributed by atoms with van der Waals surface area (Å²) in [6.45, 7) is 4.53. The number of hydrogen-bond donors (Lipinski definition) is 3. The third-order valence-electron chi connectivity index (χ3n) is 4.97. The molecule has 1 unspecified atom stereocenters. The van der Waals surface area contributed by atoms with Gasteiger partial charge in [-0.3, -0.25) is 4.79 Å². The van der Waals surface area contributed by atoms with Crippen molar-refractivity contribution in [2.75, 3.05) is 12.3 Å². The molecular formula is C25H33N3O3S2. The van der Waals surface area contributed by atoms with E-state index in [0.717, 1.165) is 28.4 Å². The highest BCUT2D eigenvalue weighted by Gasteiger charge is 2.19. The van der Waals surface area contributed by atoms with Crippen LogP contribution in [0.1, 0.15) is 51.0 Å². The fourth-order valence-corrected chi connectivity index (χ4v) is 4.83. The molecule has 1 aliphatic rings. The Labute approximate surface area is 201 Å². The fourth-order valence-electron chi connectivity index (χ4n) is 3.22. The van der Waals surface area contributed by atoms with Gasteiger partial charge in [0, 0.05) is 34.9 Å². The quantitative estimate of drug-likeness (QED) is 0.360. The van der Waals surface area contributed by atoms with Crippen LogP contribution >= 0.6 is 11.8 Å². The number of nitrogens with one attached hydrogen (secondary N) is 1. The molecule has 1 atom stereocenters. The van der Waals surface area contributed by atoms with Gasteiger partial charge in [-0.25, -0.2) is 13.6 Å². The summed E-state index contributed by atoms with van der Waals surface area (Å²) in [4.78, 5) is 12.7. The topological polar surface area (TPSA) is 115 Å². The van der Waals surface area contributed by atoms with Gasteiger partial charge in [-0.2, -0.15) is 0 Å². The Balaban J connectivity index is 0.000000365. The van der Waals surface area contributed by atoms with E-state index in [4.69, 9.17) is 10.9 Å². The van der Waals surface area contributed by atoms with E-state index < -0.39 is 10.0 Å². The molecule has 33 heavy (non-hydrogen) atoms. The second-order valence-electron chi connectivity index (χ2n) is 7.75. The summed E-state index contributed by atoms with van der Waals surface area (Å²) in [5.41, 5.74) is 7.64. The van der Waals surface area contributed by atoms with E-state index in [-0.39, 0.29) is 16.7 Å². The number of benzene rings is 2. The van der Waals surface area contributed by atoms with Gasteiger partial charge >= 0.3 is 0 Å². The molecule has 2 aromatic rings. The number of nitrogens with two attached hydrogens (primary N) is 2. The standard InChI is InChI=1S/C18H18N2O2S2.C7H15NO/c19-14-7-9-15(10-8-14)23-18-4-2-1-3-17(18)13-5-11-16(12-6-13)24(20,21)22;1-3-4-5-6-8-7(2)9/h1-5,7-13H,6,19H2,(H2,20,21,22);3-6H2,1-2H3,(H,8,9). The molecule has 6 nitrogen and oxygen atoms in total. The Morgan fingerprint density at radius 3 is 2.39 bits per heavy atom. The highest BCUT2D eigenvalue weighted by Crippen LogP contribution is 2.37. The van der Waals surface area contributed by atoms with Crippen LogP contribution in [0.5, 0.6) is 0 Å². The average Bonchev–Trinajstić information content (AvgIpc) is 2.78. The molecule has 0 heterocycles. The average molecular weight is 488 g/mol. The van der Waals surface area contributed by atoms with Crippen molar-refractivity contribution in [1.29, 1.82) is 0 Å². The first-order valence-corrected chi connectivity index (χ1v) is 13.3. The van der Waals surface area contributed by atoms with Crippen LogP contribution in [-0.2, 0) is 14.8 Å². The Morgan fingerprint density at radius 1 is 1.12 bits per heavy atom. The maximum absolute atomic E-state index is 11.4. The molecule has 0 aliphatic heterocycles. The molecule has 8 heteroatoms. The van der Waals surface area contributed by atoms with Gasteiger partial charge < -0.3 is 11.1 Å². The summed E-state index contributed by atoms with van der Waals surface area (Å²) in [6.07, 6.45) is 9.32. The molecule has 0 saturated heterocycles. The Bertz CT molecular complexity index is 1080. The van der Waals surface area contributed by atoms with Crippen molar-refractivity contribution in [3.63, 3.8) is 0 Å². The first-order chi connectivity index (χ1) is 15.7. The molecule has 0 spiro atoms. The Kier molecular flexibility index (Phi) is 10.7. The summed E-state index contributed by atoms with van der Waals surface area (Å²) in [6, 6.07) is 15.9. The molecule has 2 aromatic carbocycles. The van der Waals surface area contributed by atoms with Gasteiger partial charge in [0.05, 0.1) is 4.91 Å². The summed E-state index contributed by atoms with van der Waals surface area (Å²) in [5.74, 6) is 0.207. The summed E-state index contributed by atoms with van der Waals surface area (Å²) < 4.78 is 22.8. The van der Waals surface area contributed by atoms with E-state index in [1.54, 1.807) is 30.8 Å². The molecule has 0 aromatic heterocycles. The Morgan fingerprint density at radius 2 is 1.82 bits per heavy atom. The van der Waals surface area contributed by atoms with E-state index in [9.17, 15) is 13.2 Å². The monoisotopic (exact) mass is 487 g/mol. The van der Waals surface area contributed by atoms with Crippen molar-refractivity contribution in [2.24, 2.45) is 5.14 Å². The van der Waals surface area contributed by atoms with Crippen molar-refractivity contribution in [1.82, 2.24) is 5.32 Å². The zero-order valence-electron chi connectivity index (χ0n) is 19.2. The van der Waals surface area contributed by atoms with Crippen LogP contribution in [-0.4, -0.2) is 20.9 Å². The smallest absolute Gasteiger partial charge is 0.237 e. The number of allylic oxidation sites excluding steroid dienone is 3. The normalized spacial score (nSPS) is 15.2. The zero-order chi connectivity index (χ0) is 24.3. The molecule has 0 fully saturated rings. The highest BCUT2D eigenvalue weighted by molar-refractivity contribution is 7.99. The summed E-state index contributed by atoms with van der Waals surface area (Å²) in [5, 5.41) is 7.92. The van der Waals surface area contributed by atoms with E-state index in [0.29, 0.717) is 6.42 Å². The first kappa shape index (κ1) is 26.7. The van der Waals surface area contributed by atoms with Crippen molar-refractivity contribution in [3.8, 4) is 0 Å². The fraction of sp³-hybridized carbons (Fsp3) is 0.320. The van der Waals surface area contributed by atoms with Gasteiger partial charge in [-0.1, -0.05) is 61.9 Å². The van der Waals surface area contributed by atoms with Crippen molar-refractivity contribution < 1.29 is 13.2 Å². The lowest BCUT2D eigenvalue weighted by Crippen LogP contribution is -2.20. The summed E-state index contributed by atoms with van der Waals surface area (Å²) in [7, 11) is -3.64. The SMILES string of the molecule is CCCCCNC(C)=O.Nc1ccc(Sc2ccccc2C2C=CC(S(N)(=O)=O)=CC2)cc1. The second kappa shape index (κ2) is 13.2. The number of hydrogen-bond acceptors (Lipinski definition) is 5. The highest BCUT2D eigenvalue weighted by atomic mass is 32.2. The van der Waals surface area contributed by atoms with Crippen LogP contribution < -0.4 is 16.2 Å². The minimum absolute atomic E-state index is 0.0751. The molecule has 1 aliphatic carbocycles. The molecule has 0 saturated carbocycles. The molecule has 0 radical (unpaired) electrons. The number of primary sulfonamides is 1. The second-order valence-corrected chi connectivity index (χ2v) is 10.4. The molecule has 3 rings (SSSR count). The number of nitrogen functional groups attached to an aromatic ring is 1. The van der Waals surface area contributed by atoms with Gasteiger partial charge in [-0.15, -0.1) is 0 Å². The zero-order valence-corrected chi connectivity index (χ0v) is 20.8. The predicted molar refractivity (Wildman–Crippen MR) is 137 cm³/mol. The molecular weight excluding hydrogens is 454 g/mol. The third kappa shape index (κ3) is 9.45. The lowest BCUT2D eigenvalue weighted by atomic mass is 9.92. The van der Waals surface area contributed by atoms with Crippen molar-refractivity contribution in [3.05, 3.63) is 77.2 Å². The lowest BCUT2D eigenvalue weighted by molar-refractivity contribution is -0.118. The molecule has 178 valence electrons. The van der Waals surface area contributed by atoms with Crippen LogP contribution in [0.2, 0.25) is 0 Å². The van der Waals surface area contributed by atoms with Crippen LogP contribution in [0.4, 0.5) is 5.69 Å². The number of sulfonamides is 1. The number of amides is 1. The van der Waals surface area contributed by atoms with Crippen LogP contribution in [0, 0.1) is 0 Å². The number of carbonyl (C=O) groups is 1. The van der Waals surface area contributed by atoms with Gasteiger partial charge in [0.2, 0.25) is 15.9 Å². The van der Waals surface area contributed by atoms with Gasteiger partial charge in [-0.05, 0) is 54.8 Å². The van der Waals surface area contributed by atoms with Crippen molar-refractivity contribution in [2.45, 2.75) is 55.2 Å². The number of anilines is 1. The number of unbranched alkanes of at least 4 members (excludes halogenated alkanes) is 2. The largest absolute Gasteiger partial charge is 0.399 e. The maximum atomic E-state index is 11.4. The molecule has 1 amide bonds. The van der Waals surface area contributed by atoms with E-state index in [2.05, 4.69) is 24.4 Å². The lowest BCUT2D eigenvalue weighted by Gasteiger charge is -2.19. The maximum Gasteiger partial charge on any atom is 0.237 e. The van der Waals surface area contributed by atoms with Crippen LogP contribution in [0.15, 0.2) is 81.5 Å². The van der Waals surface area contributed by atoms with Gasteiger partial charge in [0.1, 0.15) is 0 Å². The molecule has 0 bridgehead atoms. The van der Waals surface area contributed by atoms with E-state index in [1.807, 2.05) is 42.5 Å². The Hall–Kier alpha value is -2.55. The van der Waals surface area contributed by atoms with Gasteiger partial charge in [0.15, 0.2) is 0 Å². The molecule has 5 N–H and O–H groups in total. The van der Waals surface area contributed by atoms with Crippen LogP contribution in [0.3, 0.4) is 0 Å². The van der Waals surface area contributed by atoms with Crippen molar-refractivity contribution >= 4 is 33.4 Å². The third-order valence-corrected chi connectivity index (χ3v) is 7.03. The number of carbonyl (C=O) groups excluding carboxylic acids is 1. The van der Waals surface area contributed by atoms with E-state index >= 15 is 0 Å². The summed E-state index contributed by atoms with van der Waals surface area (Å²) >= 11 is 1.67. The number of rotatable bonds is 8. The van der Waals surface area contributed by atoms with E-state index in [1.165, 1.54) is 18.4 Å². The first-order valence-electron chi connectivity index (χ1n) is 11.0. The van der Waals surface area contributed by atoms with Gasteiger partial charge in [0.25, 0.3) is 0 Å². The predicted octanol–water partition coefficient (Wildman–Crippen LogP) is 4.95. The minimum Gasteiger partial charge on any atom is -0.399 e. The minimum atomic E-state index is -3.64. The van der Waals surface area contributed by atoms with Crippen LogP contribution in [0.25, 0.3) is 0 Å².